The van der Waals surface area contributed by atoms with Crippen LogP contribution in [-0.2, 0) is 4.79 Å². The van der Waals surface area contributed by atoms with Gasteiger partial charge in [0.25, 0.3) is 11.9 Å². The van der Waals surface area contributed by atoms with E-state index in [9.17, 15) is 9.59 Å². The third-order valence-electron chi connectivity index (χ3n) is 5.72. The number of carbonyl (C=O) groups excluding carboxylic acids is 2. The fourth-order valence-electron chi connectivity index (χ4n) is 3.81. The molecule has 7 heteroatoms. The van der Waals surface area contributed by atoms with Crippen LogP contribution in [0.2, 0.25) is 0 Å². The Morgan fingerprint density at radius 1 is 1.00 bits per heavy atom. The topological polar surface area (TPSA) is 87.5 Å². The lowest BCUT2D eigenvalue weighted by atomic mass is 9.96. The molecule has 1 saturated carbocycles. The molecule has 1 saturated heterocycles. The molecular formula is C23H24N4O3. The quantitative estimate of drug-likeness (QED) is 0.679. The SMILES string of the molecule is O=C(NC1CC1)c1cccc(NC(=O)C2CCN(c3nc4ccccc4o3)CC2)c1. The Morgan fingerprint density at radius 3 is 2.57 bits per heavy atom. The molecule has 30 heavy (non-hydrogen) atoms. The Bertz CT molecular complexity index is 1050. The first-order chi connectivity index (χ1) is 14.7. The fraction of sp³-hybridized carbons (Fsp3) is 0.348. The molecule has 1 aliphatic heterocycles. The molecule has 0 radical (unpaired) electrons. The average molecular weight is 404 g/mol. The number of oxazole rings is 1. The van der Waals surface area contributed by atoms with Crippen LogP contribution in [0.25, 0.3) is 11.1 Å². The van der Waals surface area contributed by atoms with Gasteiger partial charge >= 0.3 is 0 Å². The lowest BCUT2D eigenvalue weighted by Crippen LogP contribution is -2.38. The molecule has 3 aromatic rings. The summed E-state index contributed by atoms with van der Waals surface area (Å²) in [5.74, 6) is -0.165. The summed E-state index contributed by atoms with van der Waals surface area (Å²) in [7, 11) is 0. The van der Waals surface area contributed by atoms with Gasteiger partial charge in [0, 0.05) is 36.3 Å². The number of benzene rings is 2. The molecule has 5 rings (SSSR count). The van der Waals surface area contributed by atoms with E-state index in [0.717, 1.165) is 49.9 Å². The van der Waals surface area contributed by atoms with Crippen molar-refractivity contribution in [2.75, 3.05) is 23.3 Å². The number of aromatic nitrogens is 1. The van der Waals surface area contributed by atoms with Crippen molar-refractivity contribution in [3.8, 4) is 0 Å². The largest absolute Gasteiger partial charge is 0.423 e. The highest BCUT2D eigenvalue weighted by atomic mass is 16.4. The second kappa shape index (κ2) is 7.82. The summed E-state index contributed by atoms with van der Waals surface area (Å²) in [4.78, 5) is 31.6. The van der Waals surface area contributed by atoms with Gasteiger partial charge in [0.15, 0.2) is 5.58 Å². The first-order valence-electron chi connectivity index (χ1n) is 10.5. The number of hydrogen-bond donors (Lipinski definition) is 2. The first-order valence-corrected chi connectivity index (χ1v) is 10.5. The molecule has 2 aromatic carbocycles. The van der Waals surface area contributed by atoms with Gasteiger partial charge in [0.1, 0.15) is 5.52 Å². The number of hydrogen-bond acceptors (Lipinski definition) is 5. The number of nitrogens with zero attached hydrogens (tertiary/aromatic N) is 2. The van der Waals surface area contributed by atoms with Crippen molar-refractivity contribution in [3.63, 3.8) is 0 Å². The summed E-state index contributed by atoms with van der Waals surface area (Å²) in [6.45, 7) is 1.43. The number of para-hydroxylation sites is 2. The maximum absolute atomic E-state index is 12.8. The smallest absolute Gasteiger partial charge is 0.298 e. The monoisotopic (exact) mass is 404 g/mol. The predicted octanol–water partition coefficient (Wildman–Crippen LogP) is 3.58. The molecule has 2 heterocycles. The van der Waals surface area contributed by atoms with Crippen molar-refractivity contribution in [3.05, 3.63) is 54.1 Å². The van der Waals surface area contributed by atoms with Crippen LogP contribution in [0.4, 0.5) is 11.7 Å². The Balaban J connectivity index is 1.18. The van der Waals surface area contributed by atoms with Crippen molar-refractivity contribution in [2.24, 2.45) is 5.92 Å². The number of fused-ring (bicyclic) bond motifs is 1. The van der Waals surface area contributed by atoms with Crippen molar-refractivity contribution >= 4 is 34.6 Å². The highest BCUT2D eigenvalue weighted by molar-refractivity contribution is 5.98. The van der Waals surface area contributed by atoms with E-state index in [2.05, 4.69) is 20.5 Å². The zero-order chi connectivity index (χ0) is 20.5. The molecule has 0 bridgehead atoms. The second-order valence-corrected chi connectivity index (χ2v) is 8.04. The minimum absolute atomic E-state index is 0.00744. The van der Waals surface area contributed by atoms with Crippen molar-refractivity contribution in [1.29, 1.82) is 0 Å². The van der Waals surface area contributed by atoms with Crippen LogP contribution in [0.15, 0.2) is 52.9 Å². The van der Waals surface area contributed by atoms with Crippen LogP contribution in [-0.4, -0.2) is 35.9 Å². The molecule has 1 aliphatic carbocycles. The van der Waals surface area contributed by atoms with Gasteiger partial charge in [-0.05, 0) is 56.0 Å². The second-order valence-electron chi connectivity index (χ2n) is 8.04. The summed E-state index contributed by atoms with van der Waals surface area (Å²) >= 11 is 0. The van der Waals surface area contributed by atoms with Gasteiger partial charge in [0.2, 0.25) is 5.91 Å². The van der Waals surface area contributed by atoms with Crippen molar-refractivity contribution < 1.29 is 14.0 Å². The molecule has 2 aliphatic rings. The molecule has 0 atom stereocenters. The van der Waals surface area contributed by atoms with Crippen LogP contribution in [0, 0.1) is 5.92 Å². The number of amides is 2. The predicted molar refractivity (Wildman–Crippen MR) is 115 cm³/mol. The Hall–Kier alpha value is -3.35. The van der Waals surface area contributed by atoms with Gasteiger partial charge in [0.05, 0.1) is 0 Å². The first kappa shape index (κ1) is 18.7. The Labute approximate surface area is 174 Å². The third kappa shape index (κ3) is 4.01. The maximum Gasteiger partial charge on any atom is 0.298 e. The minimum atomic E-state index is -0.0831. The molecule has 2 N–H and O–H groups in total. The zero-order valence-corrected chi connectivity index (χ0v) is 16.6. The minimum Gasteiger partial charge on any atom is -0.423 e. The van der Waals surface area contributed by atoms with E-state index in [4.69, 9.17) is 4.42 Å². The van der Waals surface area contributed by atoms with Crippen LogP contribution in [0.1, 0.15) is 36.0 Å². The maximum atomic E-state index is 12.8. The molecule has 0 spiro atoms. The van der Waals surface area contributed by atoms with Crippen LogP contribution in [0.3, 0.4) is 0 Å². The number of nitrogens with one attached hydrogen (secondary N) is 2. The lowest BCUT2D eigenvalue weighted by Gasteiger charge is -2.30. The van der Waals surface area contributed by atoms with Crippen molar-refractivity contribution in [1.82, 2.24) is 10.3 Å². The zero-order valence-electron chi connectivity index (χ0n) is 16.6. The Morgan fingerprint density at radius 2 is 1.80 bits per heavy atom. The summed E-state index contributed by atoms with van der Waals surface area (Å²) < 4.78 is 5.84. The molecular weight excluding hydrogens is 380 g/mol. The summed E-state index contributed by atoms with van der Waals surface area (Å²) in [6.07, 6.45) is 3.55. The van der Waals surface area contributed by atoms with Gasteiger partial charge in [-0.2, -0.15) is 4.98 Å². The van der Waals surface area contributed by atoms with E-state index < -0.39 is 0 Å². The lowest BCUT2D eigenvalue weighted by molar-refractivity contribution is -0.120. The number of carbonyl (C=O) groups is 2. The highest BCUT2D eigenvalue weighted by Crippen LogP contribution is 2.27. The molecule has 1 aromatic heterocycles. The van der Waals surface area contributed by atoms with Gasteiger partial charge in [-0.15, -0.1) is 0 Å². The van der Waals surface area contributed by atoms with Crippen LogP contribution >= 0.6 is 0 Å². The molecule has 2 fully saturated rings. The Kier molecular flexibility index (Phi) is 4.86. The average Bonchev–Trinajstić information content (AvgIpc) is 3.48. The molecule has 0 unspecified atom stereocenters. The third-order valence-corrected chi connectivity index (χ3v) is 5.72. The van der Waals surface area contributed by atoms with Gasteiger partial charge in [-0.25, -0.2) is 0 Å². The molecule has 7 nitrogen and oxygen atoms in total. The van der Waals surface area contributed by atoms with E-state index in [0.29, 0.717) is 23.3 Å². The number of anilines is 2. The molecule has 2 amide bonds. The number of piperidine rings is 1. The van der Waals surface area contributed by atoms with Gasteiger partial charge in [-0.1, -0.05) is 18.2 Å². The van der Waals surface area contributed by atoms with E-state index in [1.54, 1.807) is 18.2 Å². The number of rotatable bonds is 5. The summed E-state index contributed by atoms with van der Waals surface area (Å²) in [6, 6.07) is 15.8. The van der Waals surface area contributed by atoms with E-state index in [1.165, 1.54) is 0 Å². The van der Waals surface area contributed by atoms with Crippen LogP contribution < -0.4 is 15.5 Å². The van der Waals surface area contributed by atoms with Gasteiger partial charge in [-0.3, -0.25) is 9.59 Å². The van der Waals surface area contributed by atoms with E-state index in [1.807, 2.05) is 30.3 Å². The molecule has 154 valence electrons. The van der Waals surface area contributed by atoms with Crippen molar-refractivity contribution in [2.45, 2.75) is 31.7 Å². The van der Waals surface area contributed by atoms with Crippen LogP contribution in [0.5, 0.6) is 0 Å². The van der Waals surface area contributed by atoms with E-state index in [-0.39, 0.29) is 17.7 Å². The highest BCUT2D eigenvalue weighted by Gasteiger charge is 2.28. The van der Waals surface area contributed by atoms with Gasteiger partial charge < -0.3 is 20.0 Å². The normalized spacial score (nSPS) is 17.1. The fourth-order valence-corrected chi connectivity index (χ4v) is 3.81. The standard InChI is InChI=1S/C23H24N4O3/c28-21(25-18-5-3-4-16(14-18)22(29)24-17-8-9-17)15-10-12-27(13-11-15)23-26-19-6-1-2-7-20(19)30-23/h1-7,14-15,17H,8-13H2,(H,24,29)(H,25,28). The summed E-state index contributed by atoms with van der Waals surface area (Å²) in [5.41, 5.74) is 2.85. The summed E-state index contributed by atoms with van der Waals surface area (Å²) in [5, 5.41) is 5.95. The van der Waals surface area contributed by atoms with E-state index >= 15 is 0 Å².